The maximum Gasteiger partial charge on any atom is 0.396 e. The first kappa shape index (κ1) is 17.7. The van der Waals surface area contributed by atoms with Gasteiger partial charge in [-0.25, -0.2) is 0 Å². The van der Waals surface area contributed by atoms with Crippen LogP contribution in [0.2, 0.25) is 5.02 Å². The van der Waals surface area contributed by atoms with Crippen molar-refractivity contribution in [2.75, 3.05) is 0 Å². The zero-order valence-electron chi connectivity index (χ0n) is 11.7. The molecule has 0 bridgehead atoms. The van der Waals surface area contributed by atoms with Gasteiger partial charge in [0.25, 0.3) is 0 Å². The van der Waals surface area contributed by atoms with Crippen LogP contribution in [-0.4, -0.2) is 29.1 Å². The summed E-state index contributed by atoms with van der Waals surface area (Å²) < 4.78 is 31.6. The summed E-state index contributed by atoms with van der Waals surface area (Å²) in [5, 5.41) is 9.18. The van der Waals surface area contributed by atoms with Gasteiger partial charge < -0.3 is 0 Å². The van der Waals surface area contributed by atoms with Crippen molar-refractivity contribution in [3.8, 4) is 0 Å². The molecule has 0 heterocycles. The molecule has 1 aliphatic rings. The molecule has 0 radical (unpaired) electrons. The minimum atomic E-state index is -4.67. The molecule has 2 N–H and O–H groups in total. The molecule has 0 aromatic heterocycles. The highest BCUT2D eigenvalue weighted by atomic mass is 35.5. The van der Waals surface area contributed by atoms with Crippen molar-refractivity contribution in [1.82, 2.24) is 0 Å². The van der Waals surface area contributed by atoms with Crippen molar-refractivity contribution in [1.29, 1.82) is 5.39 Å². The number of hydrogen-bond acceptors (Lipinski definition) is 5. The molecule has 0 unspecified atom stereocenters. The van der Waals surface area contributed by atoms with Gasteiger partial charge in [-0.3, -0.25) is 18.7 Å². The highest BCUT2D eigenvalue weighted by molar-refractivity contribution is 7.79. The number of rotatable bonds is 0. The SMILES string of the molecule is N#[N+]c1cccc2c1C(=O)c1cccc(Cl)c1C2=O.O=S(=O)(O)O. The number of carbonyl (C=O) groups is 2. The van der Waals surface area contributed by atoms with E-state index in [0.29, 0.717) is 0 Å². The van der Waals surface area contributed by atoms with Crippen molar-refractivity contribution < 1.29 is 27.1 Å². The summed E-state index contributed by atoms with van der Waals surface area (Å²) >= 11 is 6.00. The zero-order chi connectivity index (χ0) is 18.1. The van der Waals surface area contributed by atoms with Gasteiger partial charge >= 0.3 is 16.1 Å². The average Bonchev–Trinajstić information content (AvgIpc) is 2.50. The van der Waals surface area contributed by atoms with E-state index in [-0.39, 0.29) is 44.5 Å². The fourth-order valence-electron chi connectivity index (χ4n) is 2.26. The highest BCUT2D eigenvalue weighted by Crippen LogP contribution is 2.35. The fourth-order valence-corrected chi connectivity index (χ4v) is 2.53. The van der Waals surface area contributed by atoms with Crippen LogP contribution >= 0.6 is 11.6 Å². The number of carbonyl (C=O) groups excluding carboxylic acids is 2. The lowest BCUT2D eigenvalue weighted by Gasteiger charge is -2.16. The Labute approximate surface area is 140 Å². The molecule has 0 amide bonds. The van der Waals surface area contributed by atoms with E-state index in [0.717, 1.165) is 0 Å². The highest BCUT2D eigenvalue weighted by Gasteiger charge is 2.36. The molecule has 24 heavy (non-hydrogen) atoms. The van der Waals surface area contributed by atoms with E-state index in [2.05, 4.69) is 4.98 Å². The van der Waals surface area contributed by atoms with E-state index in [4.69, 9.17) is 34.5 Å². The Morgan fingerprint density at radius 3 is 1.92 bits per heavy atom. The van der Waals surface area contributed by atoms with Gasteiger partial charge in [0.1, 0.15) is 5.56 Å². The summed E-state index contributed by atoms with van der Waals surface area (Å²) in [6.07, 6.45) is 0. The second kappa shape index (κ2) is 6.46. The second-order valence-corrected chi connectivity index (χ2v) is 5.87. The van der Waals surface area contributed by atoms with Crippen LogP contribution < -0.4 is 0 Å². The average molecular weight is 368 g/mol. The third-order valence-corrected chi connectivity index (χ3v) is 3.42. The monoisotopic (exact) mass is 367 g/mol. The lowest BCUT2D eigenvalue weighted by atomic mass is 9.83. The van der Waals surface area contributed by atoms with Crippen LogP contribution in [0.25, 0.3) is 4.98 Å². The van der Waals surface area contributed by atoms with Crippen LogP contribution in [0.5, 0.6) is 0 Å². The molecule has 0 saturated carbocycles. The van der Waals surface area contributed by atoms with Crippen molar-refractivity contribution in [3.05, 3.63) is 68.7 Å². The van der Waals surface area contributed by atoms with E-state index in [1.807, 2.05) is 0 Å². The van der Waals surface area contributed by atoms with Crippen LogP contribution in [-0.2, 0) is 10.4 Å². The molecule has 2 aromatic carbocycles. The molecule has 2 aromatic rings. The first-order valence-electron chi connectivity index (χ1n) is 6.21. The van der Waals surface area contributed by atoms with Crippen LogP contribution in [0, 0.1) is 5.39 Å². The zero-order valence-corrected chi connectivity index (χ0v) is 13.2. The molecule has 0 saturated heterocycles. The van der Waals surface area contributed by atoms with Gasteiger partial charge in [-0.05, 0) is 12.1 Å². The number of diazo groups is 1. The Balaban J connectivity index is 0.000000368. The maximum atomic E-state index is 12.4. The predicted molar refractivity (Wildman–Crippen MR) is 83.7 cm³/mol. The second-order valence-electron chi connectivity index (χ2n) is 4.57. The molecule has 8 nitrogen and oxygen atoms in total. The van der Waals surface area contributed by atoms with E-state index in [1.165, 1.54) is 12.1 Å². The maximum absolute atomic E-state index is 12.4. The molecule has 0 fully saturated rings. The van der Waals surface area contributed by atoms with E-state index in [9.17, 15) is 9.59 Å². The third kappa shape index (κ3) is 3.47. The van der Waals surface area contributed by atoms with Gasteiger partial charge in [0, 0.05) is 17.2 Å². The number of fused-ring (bicyclic) bond motifs is 2. The Morgan fingerprint density at radius 2 is 1.38 bits per heavy atom. The Morgan fingerprint density at radius 1 is 0.917 bits per heavy atom. The first-order chi connectivity index (χ1) is 11.1. The van der Waals surface area contributed by atoms with Crippen LogP contribution in [0.1, 0.15) is 31.8 Å². The minimum absolute atomic E-state index is 0.0847. The molecular formula is C14H8ClN2O6S+. The third-order valence-electron chi connectivity index (χ3n) is 3.11. The van der Waals surface area contributed by atoms with Gasteiger partial charge in [-0.2, -0.15) is 8.42 Å². The summed E-state index contributed by atoms with van der Waals surface area (Å²) in [5.74, 6) is -0.693. The van der Waals surface area contributed by atoms with Gasteiger partial charge in [0.2, 0.25) is 11.2 Å². The minimum Gasteiger partial charge on any atom is -0.288 e. The fraction of sp³-hybridized carbons (Fsp3) is 0. The van der Waals surface area contributed by atoms with Gasteiger partial charge in [-0.1, -0.05) is 29.8 Å². The molecule has 0 spiro atoms. The van der Waals surface area contributed by atoms with Crippen molar-refractivity contribution >= 4 is 39.3 Å². The Kier molecular flexibility index (Phi) is 4.77. The van der Waals surface area contributed by atoms with E-state index < -0.39 is 10.4 Å². The van der Waals surface area contributed by atoms with Crippen LogP contribution in [0.4, 0.5) is 5.69 Å². The molecule has 0 aliphatic heterocycles. The number of benzene rings is 2. The van der Waals surface area contributed by atoms with Crippen molar-refractivity contribution in [2.45, 2.75) is 0 Å². The molecule has 3 rings (SSSR count). The topological polar surface area (TPSA) is 137 Å². The van der Waals surface area contributed by atoms with Crippen LogP contribution in [0.15, 0.2) is 36.4 Å². The van der Waals surface area contributed by atoms with E-state index in [1.54, 1.807) is 24.3 Å². The normalized spacial score (nSPS) is 12.4. The molecule has 1 aliphatic carbocycles. The van der Waals surface area contributed by atoms with Gasteiger partial charge in [0.05, 0.1) is 10.6 Å². The smallest absolute Gasteiger partial charge is 0.288 e. The largest absolute Gasteiger partial charge is 0.396 e. The lowest BCUT2D eigenvalue weighted by Crippen LogP contribution is -2.21. The number of hydrogen-bond donors (Lipinski definition) is 2. The number of nitrogens with zero attached hydrogens (tertiary/aromatic N) is 2. The summed E-state index contributed by atoms with van der Waals surface area (Å²) in [6.45, 7) is 0. The summed E-state index contributed by atoms with van der Waals surface area (Å²) in [6, 6.07) is 9.27. The predicted octanol–water partition coefficient (Wildman–Crippen LogP) is 2.95. The quantitative estimate of drug-likeness (QED) is 0.460. The standard InChI is InChI=1S/C14H6ClN2O2.H2O4S/c15-9-5-1-3-7-11(9)13(18)8-4-2-6-10(17-16)12(8)14(7)19;1-5(2,3)4/h1-6H;(H2,1,2,3,4)/q+1;. The van der Waals surface area contributed by atoms with Gasteiger partial charge in [0.15, 0.2) is 10.8 Å². The number of ketones is 2. The first-order valence-corrected chi connectivity index (χ1v) is 7.98. The molecule has 122 valence electrons. The van der Waals surface area contributed by atoms with Crippen LogP contribution in [0.3, 0.4) is 0 Å². The Hall–Kier alpha value is -2.64. The Bertz CT molecular complexity index is 1000. The molecule has 10 heteroatoms. The molecule has 0 atom stereocenters. The summed E-state index contributed by atoms with van der Waals surface area (Å²) in [5.41, 5.74) is 0.852. The molecular weight excluding hydrogens is 360 g/mol. The lowest BCUT2D eigenvalue weighted by molar-refractivity contribution is 0.0980. The number of halogens is 1. The van der Waals surface area contributed by atoms with E-state index >= 15 is 0 Å². The van der Waals surface area contributed by atoms with Gasteiger partial charge in [-0.15, -0.1) is 0 Å². The summed E-state index contributed by atoms with van der Waals surface area (Å²) in [7, 11) is -4.67. The summed E-state index contributed by atoms with van der Waals surface area (Å²) in [4.78, 5) is 27.8. The van der Waals surface area contributed by atoms with Crippen molar-refractivity contribution in [3.63, 3.8) is 0 Å². The van der Waals surface area contributed by atoms with Crippen molar-refractivity contribution in [2.24, 2.45) is 0 Å².